The Labute approximate surface area is 154 Å². The molecule has 6 heteroatoms. The highest BCUT2D eigenvalue weighted by Crippen LogP contribution is 2.28. The topological polar surface area (TPSA) is 85.9 Å². The van der Waals surface area contributed by atoms with Gasteiger partial charge in [0.2, 0.25) is 0 Å². The van der Waals surface area contributed by atoms with Gasteiger partial charge in [-0.15, -0.1) is 0 Å². The van der Waals surface area contributed by atoms with Gasteiger partial charge in [0.05, 0.1) is 19.4 Å². The van der Waals surface area contributed by atoms with Gasteiger partial charge in [0.25, 0.3) is 5.91 Å². The van der Waals surface area contributed by atoms with E-state index in [1.807, 2.05) is 25.1 Å². The molecule has 0 fully saturated rings. The summed E-state index contributed by atoms with van der Waals surface area (Å²) in [5.41, 5.74) is 9.99. The maximum Gasteiger partial charge on any atom is 0.271 e. The van der Waals surface area contributed by atoms with E-state index in [9.17, 15) is 4.79 Å². The van der Waals surface area contributed by atoms with Crippen LogP contribution < -0.4 is 20.6 Å². The number of ether oxygens (including phenoxy) is 2. The molecule has 0 aliphatic rings. The number of carbonyl (C=O) groups is 1. The number of rotatable bonds is 8. The van der Waals surface area contributed by atoms with E-state index in [0.29, 0.717) is 41.9 Å². The number of hydrazone groups is 1. The standard InChI is InChI=1S/C20H25N3O3/c1-4-25-19-11-15(5-10-18(19)26-13-14(2)3)12-22-23-20(24)16-6-8-17(21)9-7-16/h5-12,14H,4,13,21H2,1-3H3,(H,23,24)/b22-12-. The molecular weight excluding hydrogens is 330 g/mol. The molecule has 6 nitrogen and oxygen atoms in total. The van der Waals surface area contributed by atoms with Gasteiger partial charge in [-0.1, -0.05) is 13.8 Å². The van der Waals surface area contributed by atoms with Crippen molar-refractivity contribution in [2.45, 2.75) is 20.8 Å². The molecule has 0 aliphatic heterocycles. The molecule has 2 aromatic carbocycles. The second-order valence-electron chi connectivity index (χ2n) is 6.17. The van der Waals surface area contributed by atoms with Crippen LogP contribution in [0.15, 0.2) is 47.6 Å². The Morgan fingerprint density at radius 2 is 1.88 bits per heavy atom. The maximum absolute atomic E-state index is 12.0. The Balaban J connectivity index is 2.03. The quantitative estimate of drug-likeness (QED) is 0.431. The average Bonchev–Trinajstić information content (AvgIpc) is 2.61. The molecule has 0 heterocycles. The minimum absolute atomic E-state index is 0.303. The first-order chi connectivity index (χ1) is 12.5. The number of nitrogens with one attached hydrogen (secondary N) is 1. The van der Waals surface area contributed by atoms with Gasteiger partial charge in [-0.25, -0.2) is 5.43 Å². The molecule has 1 amide bonds. The number of amides is 1. The highest BCUT2D eigenvalue weighted by atomic mass is 16.5. The zero-order valence-electron chi connectivity index (χ0n) is 15.4. The Morgan fingerprint density at radius 3 is 2.54 bits per heavy atom. The molecule has 2 aromatic rings. The molecule has 0 aliphatic carbocycles. The van der Waals surface area contributed by atoms with Gasteiger partial charge in [0, 0.05) is 11.3 Å². The van der Waals surface area contributed by atoms with Crippen LogP contribution in [-0.4, -0.2) is 25.3 Å². The van der Waals surface area contributed by atoms with Crippen LogP contribution in [0.5, 0.6) is 11.5 Å². The molecule has 0 spiro atoms. The van der Waals surface area contributed by atoms with Crippen molar-refractivity contribution in [1.29, 1.82) is 0 Å². The van der Waals surface area contributed by atoms with Gasteiger partial charge in [-0.2, -0.15) is 5.10 Å². The summed E-state index contributed by atoms with van der Waals surface area (Å²) in [6.07, 6.45) is 1.56. The molecule has 26 heavy (non-hydrogen) atoms. The fraction of sp³-hybridized carbons (Fsp3) is 0.300. The zero-order chi connectivity index (χ0) is 18.9. The van der Waals surface area contributed by atoms with Crippen molar-refractivity contribution in [2.24, 2.45) is 11.0 Å². The van der Waals surface area contributed by atoms with Gasteiger partial charge in [-0.05, 0) is 60.9 Å². The maximum atomic E-state index is 12.0. The number of hydrogen-bond donors (Lipinski definition) is 2. The first kappa shape index (κ1) is 19.3. The number of nitrogens with zero attached hydrogens (tertiary/aromatic N) is 1. The van der Waals surface area contributed by atoms with Crippen molar-refractivity contribution < 1.29 is 14.3 Å². The lowest BCUT2D eigenvalue weighted by molar-refractivity contribution is 0.0955. The van der Waals surface area contributed by atoms with Crippen molar-refractivity contribution in [2.75, 3.05) is 18.9 Å². The Bertz CT molecular complexity index is 755. The van der Waals surface area contributed by atoms with E-state index >= 15 is 0 Å². The van der Waals surface area contributed by atoms with Crippen molar-refractivity contribution in [3.63, 3.8) is 0 Å². The first-order valence-electron chi connectivity index (χ1n) is 8.58. The van der Waals surface area contributed by atoms with Crippen LogP contribution in [0.2, 0.25) is 0 Å². The summed E-state index contributed by atoms with van der Waals surface area (Å²) >= 11 is 0. The monoisotopic (exact) mass is 355 g/mol. The van der Waals surface area contributed by atoms with Gasteiger partial charge >= 0.3 is 0 Å². The zero-order valence-corrected chi connectivity index (χ0v) is 15.4. The van der Waals surface area contributed by atoms with Crippen LogP contribution >= 0.6 is 0 Å². The van der Waals surface area contributed by atoms with Crippen LogP contribution in [0, 0.1) is 5.92 Å². The third kappa shape index (κ3) is 5.81. The largest absolute Gasteiger partial charge is 0.490 e. The van der Waals surface area contributed by atoms with Crippen LogP contribution in [0.4, 0.5) is 5.69 Å². The van der Waals surface area contributed by atoms with E-state index in [4.69, 9.17) is 15.2 Å². The Hall–Kier alpha value is -3.02. The van der Waals surface area contributed by atoms with Gasteiger partial charge in [-0.3, -0.25) is 4.79 Å². The summed E-state index contributed by atoms with van der Waals surface area (Å²) in [6.45, 7) is 7.24. The second-order valence-corrected chi connectivity index (χ2v) is 6.17. The van der Waals surface area contributed by atoms with Crippen LogP contribution in [0.1, 0.15) is 36.7 Å². The summed E-state index contributed by atoms with van der Waals surface area (Å²) in [5.74, 6) is 1.48. The highest BCUT2D eigenvalue weighted by Gasteiger charge is 2.07. The minimum Gasteiger partial charge on any atom is -0.490 e. The number of nitrogens with two attached hydrogens (primary N) is 1. The molecule has 0 unspecified atom stereocenters. The van der Waals surface area contributed by atoms with E-state index in [-0.39, 0.29) is 5.91 Å². The molecule has 0 radical (unpaired) electrons. The molecule has 0 atom stereocenters. The third-order valence-corrected chi connectivity index (χ3v) is 3.39. The summed E-state index contributed by atoms with van der Waals surface area (Å²) in [5, 5.41) is 3.99. The fourth-order valence-corrected chi connectivity index (χ4v) is 2.11. The summed E-state index contributed by atoms with van der Waals surface area (Å²) in [6, 6.07) is 12.2. The molecule has 0 saturated carbocycles. The summed E-state index contributed by atoms with van der Waals surface area (Å²) < 4.78 is 11.4. The average molecular weight is 355 g/mol. The van der Waals surface area contributed by atoms with E-state index < -0.39 is 0 Å². The van der Waals surface area contributed by atoms with Gasteiger partial charge in [0.15, 0.2) is 11.5 Å². The molecular formula is C20H25N3O3. The van der Waals surface area contributed by atoms with Crippen molar-refractivity contribution in [3.8, 4) is 11.5 Å². The molecule has 0 aromatic heterocycles. The van der Waals surface area contributed by atoms with E-state index in [1.54, 1.807) is 30.5 Å². The minimum atomic E-state index is -0.303. The molecule has 0 bridgehead atoms. The van der Waals surface area contributed by atoms with Gasteiger partial charge < -0.3 is 15.2 Å². The van der Waals surface area contributed by atoms with Crippen molar-refractivity contribution >= 4 is 17.8 Å². The number of hydrogen-bond acceptors (Lipinski definition) is 5. The predicted molar refractivity (Wildman–Crippen MR) is 104 cm³/mol. The number of anilines is 1. The summed E-state index contributed by atoms with van der Waals surface area (Å²) in [7, 11) is 0. The second kappa shape index (κ2) is 9.46. The molecule has 138 valence electrons. The lowest BCUT2D eigenvalue weighted by Crippen LogP contribution is -2.17. The number of carbonyl (C=O) groups excluding carboxylic acids is 1. The third-order valence-electron chi connectivity index (χ3n) is 3.39. The SMILES string of the molecule is CCOc1cc(/C=N\NC(=O)c2ccc(N)cc2)ccc1OCC(C)C. The van der Waals surface area contributed by atoms with Gasteiger partial charge in [0.1, 0.15) is 0 Å². The van der Waals surface area contributed by atoms with Crippen LogP contribution in [-0.2, 0) is 0 Å². The molecule has 3 N–H and O–H groups in total. The normalized spacial score (nSPS) is 10.9. The highest BCUT2D eigenvalue weighted by molar-refractivity contribution is 5.95. The van der Waals surface area contributed by atoms with E-state index in [1.165, 1.54) is 0 Å². The number of benzene rings is 2. The summed E-state index contributed by atoms with van der Waals surface area (Å²) in [4.78, 5) is 12.0. The van der Waals surface area contributed by atoms with Crippen LogP contribution in [0.25, 0.3) is 0 Å². The van der Waals surface area contributed by atoms with Crippen molar-refractivity contribution in [1.82, 2.24) is 5.43 Å². The van der Waals surface area contributed by atoms with Crippen LogP contribution in [0.3, 0.4) is 0 Å². The smallest absolute Gasteiger partial charge is 0.271 e. The lowest BCUT2D eigenvalue weighted by Gasteiger charge is -2.13. The van der Waals surface area contributed by atoms with E-state index in [2.05, 4.69) is 24.4 Å². The van der Waals surface area contributed by atoms with Crippen molar-refractivity contribution in [3.05, 3.63) is 53.6 Å². The predicted octanol–water partition coefficient (Wildman–Crippen LogP) is 3.47. The molecule has 2 rings (SSSR count). The Kier molecular flexibility index (Phi) is 7.02. The lowest BCUT2D eigenvalue weighted by atomic mass is 10.2. The molecule has 0 saturated heterocycles. The van der Waals surface area contributed by atoms with E-state index in [0.717, 1.165) is 5.56 Å². The first-order valence-corrected chi connectivity index (χ1v) is 8.58. The Morgan fingerprint density at radius 1 is 1.15 bits per heavy atom. The fourth-order valence-electron chi connectivity index (χ4n) is 2.11. The number of nitrogen functional groups attached to an aromatic ring is 1.